The Kier molecular flexibility index (Phi) is 4.71. The number of aromatic nitrogens is 2. The van der Waals surface area contributed by atoms with Gasteiger partial charge in [0.2, 0.25) is 0 Å². The molecule has 1 saturated heterocycles. The number of hydrogen-bond acceptors (Lipinski definition) is 7. The van der Waals surface area contributed by atoms with Crippen molar-refractivity contribution in [3.05, 3.63) is 46.2 Å². The fourth-order valence-corrected chi connectivity index (χ4v) is 4.59. The molecule has 4 rings (SSSR count). The van der Waals surface area contributed by atoms with E-state index in [0.717, 1.165) is 46.7 Å². The summed E-state index contributed by atoms with van der Waals surface area (Å²) >= 11 is 1.37. The Balaban J connectivity index is 1.49. The smallest absolute Gasteiger partial charge is 0.148 e. The third-order valence-electron chi connectivity index (χ3n) is 5.19. The van der Waals surface area contributed by atoms with E-state index in [1.165, 1.54) is 23.5 Å². The van der Waals surface area contributed by atoms with E-state index in [1.54, 1.807) is 12.1 Å². The van der Waals surface area contributed by atoms with Gasteiger partial charge in [-0.15, -0.1) is 16.4 Å². The number of benzene rings is 1. The van der Waals surface area contributed by atoms with Gasteiger partial charge in [0.05, 0.1) is 16.3 Å². The van der Waals surface area contributed by atoms with Crippen molar-refractivity contribution in [2.24, 2.45) is 0 Å². The molecule has 2 unspecified atom stereocenters. The van der Waals surface area contributed by atoms with Crippen LogP contribution in [0.5, 0.6) is 0 Å². The Morgan fingerprint density at radius 2 is 2.04 bits per heavy atom. The van der Waals surface area contributed by atoms with Gasteiger partial charge < -0.3 is 15.7 Å². The average molecular weight is 387 g/mol. The summed E-state index contributed by atoms with van der Waals surface area (Å²) in [5.74, 6) is -0.239. The standard InChI is InChI=1S/C19H22FN5OS/c1-10-11(2)23-24-19-15(10)16(21)17(27-19)18(26)22-13-7-8-25(9-13)14-5-3-12(20)4-6-14/h3-6,13,18,22,26H,7-9,21H2,1-2H3. The molecule has 0 saturated carbocycles. The number of rotatable bonds is 4. The SMILES string of the molecule is Cc1nnc2sc(C(O)NC3CCN(c4ccc(F)cc4)C3)c(N)c2c1C. The summed E-state index contributed by atoms with van der Waals surface area (Å²) in [7, 11) is 0. The summed E-state index contributed by atoms with van der Waals surface area (Å²) in [6, 6.07) is 6.61. The number of nitrogens with two attached hydrogens (primary N) is 1. The van der Waals surface area contributed by atoms with Crippen LogP contribution in [-0.4, -0.2) is 34.4 Å². The molecule has 0 aliphatic carbocycles. The lowest BCUT2D eigenvalue weighted by Crippen LogP contribution is -2.35. The third-order valence-corrected chi connectivity index (χ3v) is 6.33. The number of hydrogen-bond donors (Lipinski definition) is 3. The van der Waals surface area contributed by atoms with E-state index in [1.807, 2.05) is 13.8 Å². The highest BCUT2D eigenvalue weighted by Crippen LogP contribution is 2.38. The van der Waals surface area contributed by atoms with Crippen molar-refractivity contribution in [2.75, 3.05) is 23.7 Å². The maximum absolute atomic E-state index is 13.1. The number of aliphatic hydroxyl groups excluding tert-OH is 1. The van der Waals surface area contributed by atoms with E-state index >= 15 is 0 Å². The molecular weight excluding hydrogens is 365 g/mol. The number of aliphatic hydroxyl groups is 1. The predicted molar refractivity (Wildman–Crippen MR) is 106 cm³/mol. The van der Waals surface area contributed by atoms with Crippen molar-refractivity contribution >= 4 is 32.9 Å². The minimum absolute atomic E-state index is 0.114. The van der Waals surface area contributed by atoms with Gasteiger partial charge in [-0.05, 0) is 50.1 Å². The highest BCUT2D eigenvalue weighted by molar-refractivity contribution is 7.19. The summed E-state index contributed by atoms with van der Waals surface area (Å²) in [6.45, 7) is 5.46. The quantitative estimate of drug-likeness (QED) is 0.597. The van der Waals surface area contributed by atoms with Crippen LogP contribution in [0.15, 0.2) is 24.3 Å². The molecule has 3 heterocycles. The van der Waals surface area contributed by atoms with Crippen LogP contribution >= 0.6 is 11.3 Å². The van der Waals surface area contributed by atoms with Crippen LogP contribution in [0.1, 0.15) is 28.8 Å². The molecule has 8 heteroatoms. The fourth-order valence-electron chi connectivity index (χ4n) is 3.54. The van der Waals surface area contributed by atoms with Gasteiger partial charge >= 0.3 is 0 Å². The number of halogens is 1. The number of anilines is 2. The normalized spacial score (nSPS) is 18.4. The van der Waals surface area contributed by atoms with Gasteiger partial charge in [-0.3, -0.25) is 5.32 Å². The molecule has 6 nitrogen and oxygen atoms in total. The van der Waals surface area contributed by atoms with Crippen molar-refractivity contribution in [1.29, 1.82) is 0 Å². The minimum Gasteiger partial charge on any atom is -0.397 e. The molecule has 1 aliphatic heterocycles. The Bertz CT molecular complexity index is 974. The lowest BCUT2D eigenvalue weighted by atomic mass is 10.1. The molecule has 2 aromatic heterocycles. The van der Waals surface area contributed by atoms with Gasteiger partial charge in [0.25, 0.3) is 0 Å². The first-order chi connectivity index (χ1) is 12.9. The topological polar surface area (TPSA) is 87.3 Å². The van der Waals surface area contributed by atoms with Crippen molar-refractivity contribution < 1.29 is 9.50 Å². The van der Waals surface area contributed by atoms with Crippen molar-refractivity contribution in [3.8, 4) is 0 Å². The molecule has 0 amide bonds. The molecule has 1 aromatic carbocycles. The van der Waals surface area contributed by atoms with Crippen LogP contribution in [0.25, 0.3) is 10.2 Å². The van der Waals surface area contributed by atoms with Gasteiger partial charge in [-0.1, -0.05) is 0 Å². The monoisotopic (exact) mass is 387 g/mol. The molecule has 0 radical (unpaired) electrons. The van der Waals surface area contributed by atoms with E-state index in [9.17, 15) is 9.50 Å². The van der Waals surface area contributed by atoms with Crippen molar-refractivity contribution in [3.63, 3.8) is 0 Å². The lowest BCUT2D eigenvalue weighted by molar-refractivity contribution is 0.130. The van der Waals surface area contributed by atoms with Crippen molar-refractivity contribution in [2.45, 2.75) is 32.5 Å². The van der Waals surface area contributed by atoms with Crippen LogP contribution in [0, 0.1) is 19.7 Å². The van der Waals surface area contributed by atoms with E-state index in [4.69, 9.17) is 5.73 Å². The van der Waals surface area contributed by atoms with Crippen LogP contribution in [-0.2, 0) is 0 Å². The summed E-state index contributed by atoms with van der Waals surface area (Å²) in [5.41, 5.74) is 9.70. The first-order valence-corrected chi connectivity index (χ1v) is 9.72. The number of nitrogens with one attached hydrogen (secondary N) is 1. The van der Waals surface area contributed by atoms with Crippen LogP contribution in [0.2, 0.25) is 0 Å². The molecule has 1 aliphatic rings. The van der Waals surface area contributed by atoms with Gasteiger partial charge in [-0.25, -0.2) is 4.39 Å². The maximum Gasteiger partial charge on any atom is 0.148 e. The van der Waals surface area contributed by atoms with E-state index in [0.29, 0.717) is 10.6 Å². The number of thiophene rings is 1. The number of aryl methyl sites for hydroxylation is 2. The summed E-state index contributed by atoms with van der Waals surface area (Å²) in [6.07, 6.45) is 0.0269. The molecule has 0 bridgehead atoms. The second-order valence-electron chi connectivity index (χ2n) is 6.95. The zero-order chi connectivity index (χ0) is 19.1. The second kappa shape index (κ2) is 7.03. The van der Waals surface area contributed by atoms with Crippen molar-refractivity contribution in [1.82, 2.24) is 15.5 Å². The molecule has 0 spiro atoms. The molecule has 1 fully saturated rings. The highest BCUT2D eigenvalue weighted by Gasteiger charge is 2.27. The number of fused-ring (bicyclic) bond motifs is 1. The summed E-state index contributed by atoms with van der Waals surface area (Å²) < 4.78 is 13.1. The fraction of sp³-hybridized carbons (Fsp3) is 0.368. The molecule has 2 atom stereocenters. The maximum atomic E-state index is 13.1. The summed E-state index contributed by atoms with van der Waals surface area (Å²) in [4.78, 5) is 3.59. The van der Waals surface area contributed by atoms with E-state index < -0.39 is 6.23 Å². The number of nitrogens with zero attached hydrogens (tertiary/aromatic N) is 3. The average Bonchev–Trinajstić information content (AvgIpc) is 3.24. The Morgan fingerprint density at radius 3 is 2.78 bits per heavy atom. The Labute approximate surface area is 160 Å². The van der Waals surface area contributed by atoms with Gasteiger partial charge in [0, 0.05) is 30.2 Å². The minimum atomic E-state index is -0.859. The van der Waals surface area contributed by atoms with Gasteiger partial charge in [0.15, 0.2) is 0 Å². The predicted octanol–water partition coefficient (Wildman–Crippen LogP) is 2.89. The van der Waals surface area contributed by atoms with Crippen LogP contribution in [0.4, 0.5) is 15.8 Å². The molecule has 27 heavy (non-hydrogen) atoms. The third kappa shape index (κ3) is 3.36. The molecule has 142 valence electrons. The van der Waals surface area contributed by atoms with Crippen LogP contribution in [0.3, 0.4) is 0 Å². The Hall–Kier alpha value is -2.29. The van der Waals surface area contributed by atoms with Gasteiger partial charge in [0.1, 0.15) is 16.9 Å². The Morgan fingerprint density at radius 1 is 1.30 bits per heavy atom. The summed E-state index contributed by atoms with van der Waals surface area (Å²) in [5, 5.41) is 23.2. The second-order valence-corrected chi connectivity index (χ2v) is 7.98. The zero-order valence-electron chi connectivity index (χ0n) is 15.2. The van der Waals surface area contributed by atoms with Gasteiger partial charge in [-0.2, -0.15) is 5.10 Å². The molecule has 4 N–H and O–H groups in total. The number of nitrogen functional groups attached to an aromatic ring is 1. The zero-order valence-corrected chi connectivity index (χ0v) is 16.1. The van der Waals surface area contributed by atoms with E-state index in [2.05, 4.69) is 20.4 Å². The largest absolute Gasteiger partial charge is 0.397 e. The molecule has 3 aromatic rings. The first-order valence-electron chi connectivity index (χ1n) is 8.90. The molecular formula is C19H22FN5OS. The lowest BCUT2D eigenvalue weighted by Gasteiger charge is -2.21. The highest BCUT2D eigenvalue weighted by atomic mass is 32.1. The van der Waals surface area contributed by atoms with E-state index in [-0.39, 0.29) is 11.9 Å². The van der Waals surface area contributed by atoms with Crippen LogP contribution < -0.4 is 16.0 Å². The first kappa shape index (κ1) is 18.1.